The van der Waals surface area contributed by atoms with Crippen LogP contribution < -0.4 is 10.2 Å². The molecule has 1 aliphatic heterocycles. The Hall–Kier alpha value is -4.31. The lowest BCUT2D eigenvalue weighted by Crippen LogP contribution is -2.37. The predicted octanol–water partition coefficient (Wildman–Crippen LogP) is 4.14. The number of benzene rings is 2. The normalized spacial score (nSPS) is 13.9. The van der Waals surface area contributed by atoms with Crippen molar-refractivity contribution in [2.45, 2.75) is 0 Å². The van der Waals surface area contributed by atoms with Crippen LogP contribution in [0.15, 0.2) is 60.9 Å². The Morgan fingerprint density at radius 2 is 1.77 bits per heavy atom. The van der Waals surface area contributed by atoms with Gasteiger partial charge in [-0.15, -0.1) is 0 Å². The van der Waals surface area contributed by atoms with Gasteiger partial charge in [0, 0.05) is 48.4 Å². The molecule has 0 radical (unpaired) electrons. The van der Waals surface area contributed by atoms with Crippen molar-refractivity contribution in [2.24, 2.45) is 7.05 Å². The molecule has 0 atom stereocenters. The highest BCUT2D eigenvalue weighted by atomic mass is 19.1. The summed E-state index contributed by atoms with van der Waals surface area (Å²) in [5, 5.41) is 15.2. The molecule has 9 nitrogen and oxygen atoms in total. The molecule has 3 aromatic heterocycles. The predicted molar refractivity (Wildman–Crippen MR) is 132 cm³/mol. The van der Waals surface area contributed by atoms with Gasteiger partial charge < -0.3 is 15.0 Å². The van der Waals surface area contributed by atoms with Crippen molar-refractivity contribution < 1.29 is 9.13 Å². The van der Waals surface area contributed by atoms with Crippen molar-refractivity contribution in [3.05, 3.63) is 66.7 Å². The second-order valence-corrected chi connectivity index (χ2v) is 8.37. The Morgan fingerprint density at radius 3 is 2.54 bits per heavy atom. The zero-order chi connectivity index (χ0) is 23.8. The molecule has 0 spiro atoms. The number of halogens is 1. The Balaban J connectivity index is 1.36. The van der Waals surface area contributed by atoms with Crippen molar-refractivity contribution in [1.82, 2.24) is 29.9 Å². The quantitative estimate of drug-likeness (QED) is 0.399. The summed E-state index contributed by atoms with van der Waals surface area (Å²) in [6, 6.07) is 15.6. The molecule has 10 heteroatoms. The van der Waals surface area contributed by atoms with E-state index in [1.807, 2.05) is 54.3 Å². The fourth-order valence-corrected chi connectivity index (χ4v) is 4.20. The largest absolute Gasteiger partial charge is 0.378 e. The standard InChI is InChI=1S/C25H23FN8O/c1-33-22-12-17(2-3-18(22)14-28-33)21-13-23(31-25(30-21)34-8-10-35-11-9-34)29-19-6-4-16(5-7-19)24-20(26)15-27-32-24/h2-7,12-15H,8-11H2,1H3,(H,27,32)(H,29,30,31). The average Bonchev–Trinajstić information content (AvgIpc) is 3.50. The van der Waals surface area contributed by atoms with E-state index in [2.05, 4.69) is 37.6 Å². The molecule has 0 saturated carbocycles. The van der Waals surface area contributed by atoms with Crippen LogP contribution in [-0.2, 0) is 11.8 Å². The van der Waals surface area contributed by atoms with Crippen LogP contribution in [0.3, 0.4) is 0 Å². The van der Waals surface area contributed by atoms with Crippen LogP contribution in [0.4, 0.5) is 21.8 Å². The molecule has 0 amide bonds. The van der Waals surface area contributed by atoms with Gasteiger partial charge in [-0.3, -0.25) is 9.78 Å². The summed E-state index contributed by atoms with van der Waals surface area (Å²) in [4.78, 5) is 11.8. The van der Waals surface area contributed by atoms with Gasteiger partial charge in [0.25, 0.3) is 0 Å². The number of aryl methyl sites for hydroxylation is 1. The summed E-state index contributed by atoms with van der Waals surface area (Å²) in [6.07, 6.45) is 3.02. The number of nitrogens with zero attached hydrogens (tertiary/aromatic N) is 6. The molecule has 6 rings (SSSR count). The van der Waals surface area contributed by atoms with Gasteiger partial charge in [0.1, 0.15) is 11.5 Å². The first-order valence-electron chi connectivity index (χ1n) is 11.3. The van der Waals surface area contributed by atoms with Crippen molar-refractivity contribution >= 4 is 28.4 Å². The fourth-order valence-electron chi connectivity index (χ4n) is 4.20. The minimum atomic E-state index is -0.383. The van der Waals surface area contributed by atoms with Crippen LogP contribution in [0.5, 0.6) is 0 Å². The van der Waals surface area contributed by atoms with E-state index >= 15 is 0 Å². The summed E-state index contributed by atoms with van der Waals surface area (Å²) in [5.41, 5.74) is 4.72. The Morgan fingerprint density at radius 1 is 0.971 bits per heavy atom. The van der Waals surface area contributed by atoms with E-state index in [9.17, 15) is 4.39 Å². The lowest BCUT2D eigenvalue weighted by molar-refractivity contribution is 0.122. The molecule has 35 heavy (non-hydrogen) atoms. The molecular weight excluding hydrogens is 447 g/mol. The van der Waals surface area contributed by atoms with Crippen molar-refractivity contribution in [3.63, 3.8) is 0 Å². The molecule has 0 unspecified atom stereocenters. The number of aromatic amines is 1. The van der Waals surface area contributed by atoms with Gasteiger partial charge in [0.2, 0.25) is 5.95 Å². The zero-order valence-corrected chi connectivity index (χ0v) is 19.1. The third-order valence-electron chi connectivity index (χ3n) is 6.09. The molecule has 176 valence electrons. The summed E-state index contributed by atoms with van der Waals surface area (Å²) in [7, 11) is 1.93. The second-order valence-electron chi connectivity index (χ2n) is 8.37. The van der Waals surface area contributed by atoms with Gasteiger partial charge in [-0.05, 0) is 18.2 Å². The lowest BCUT2D eigenvalue weighted by atomic mass is 10.1. The van der Waals surface area contributed by atoms with E-state index in [1.54, 1.807) is 0 Å². The number of morpholine rings is 1. The highest BCUT2D eigenvalue weighted by Crippen LogP contribution is 2.29. The molecule has 4 heterocycles. The fraction of sp³-hybridized carbons (Fsp3) is 0.200. The Bertz CT molecular complexity index is 1490. The van der Waals surface area contributed by atoms with Crippen molar-refractivity contribution in [2.75, 3.05) is 36.5 Å². The first-order chi connectivity index (χ1) is 17.1. The van der Waals surface area contributed by atoms with Crippen LogP contribution in [0.1, 0.15) is 0 Å². The lowest BCUT2D eigenvalue weighted by Gasteiger charge is -2.27. The Labute approximate surface area is 200 Å². The zero-order valence-electron chi connectivity index (χ0n) is 19.1. The number of hydrogen-bond acceptors (Lipinski definition) is 7. The number of hydrogen-bond donors (Lipinski definition) is 2. The third kappa shape index (κ3) is 4.19. The maximum atomic E-state index is 13.9. The highest BCUT2D eigenvalue weighted by Gasteiger charge is 2.17. The van der Waals surface area contributed by atoms with Crippen molar-refractivity contribution in [3.8, 4) is 22.5 Å². The number of H-pyrrole nitrogens is 1. The van der Waals surface area contributed by atoms with Crippen LogP contribution in [-0.4, -0.2) is 56.2 Å². The molecule has 1 saturated heterocycles. The number of nitrogens with one attached hydrogen (secondary N) is 2. The topological polar surface area (TPSA) is 96.8 Å². The van der Waals surface area contributed by atoms with E-state index in [-0.39, 0.29) is 5.82 Å². The smallest absolute Gasteiger partial charge is 0.228 e. The summed E-state index contributed by atoms with van der Waals surface area (Å²) >= 11 is 0. The van der Waals surface area contributed by atoms with Gasteiger partial charge in [0.05, 0.1) is 36.8 Å². The number of ether oxygens (including phenoxy) is 1. The van der Waals surface area contributed by atoms with Gasteiger partial charge in [-0.25, -0.2) is 9.37 Å². The SMILES string of the molecule is Cn1ncc2ccc(-c3cc(Nc4ccc(-c5[nH]ncc5F)cc4)nc(N4CCOCC4)n3)cc21. The van der Waals surface area contributed by atoms with Gasteiger partial charge in [-0.1, -0.05) is 24.3 Å². The second kappa shape index (κ2) is 8.80. The first-order valence-corrected chi connectivity index (χ1v) is 11.3. The molecule has 2 aromatic carbocycles. The highest BCUT2D eigenvalue weighted by molar-refractivity contribution is 5.84. The molecule has 0 bridgehead atoms. The minimum Gasteiger partial charge on any atom is -0.378 e. The number of fused-ring (bicyclic) bond motifs is 1. The molecule has 5 aromatic rings. The number of aromatic nitrogens is 6. The van der Waals surface area contributed by atoms with E-state index < -0.39 is 0 Å². The molecule has 0 aliphatic carbocycles. The maximum absolute atomic E-state index is 13.9. The van der Waals surface area contributed by atoms with Crippen LogP contribution in [0.2, 0.25) is 0 Å². The van der Waals surface area contributed by atoms with E-state index in [4.69, 9.17) is 14.7 Å². The molecule has 1 fully saturated rings. The first kappa shape index (κ1) is 21.2. The molecule has 2 N–H and O–H groups in total. The molecular formula is C25H23FN8O. The van der Waals surface area contributed by atoms with Crippen LogP contribution in [0.25, 0.3) is 33.4 Å². The van der Waals surface area contributed by atoms with Crippen LogP contribution >= 0.6 is 0 Å². The third-order valence-corrected chi connectivity index (χ3v) is 6.09. The summed E-state index contributed by atoms with van der Waals surface area (Å²) in [5.74, 6) is 0.934. The van der Waals surface area contributed by atoms with E-state index in [0.29, 0.717) is 36.2 Å². The maximum Gasteiger partial charge on any atom is 0.228 e. The summed E-state index contributed by atoms with van der Waals surface area (Å²) < 4.78 is 21.2. The van der Waals surface area contributed by atoms with Gasteiger partial charge in [0.15, 0.2) is 5.82 Å². The molecule has 1 aliphatic rings. The monoisotopic (exact) mass is 470 g/mol. The van der Waals surface area contributed by atoms with Gasteiger partial charge in [-0.2, -0.15) is 15.2 Å². The average molecular weight is 471 g/mol. The Kier molecular flexibility index (Phi) is 5.34. The van der Waals surface area contributed by atoms with E-state index in [0.717, 1.165) is 40.9 Å². The summed E-state index contributed by atoms with van der Waals surface area (Å²) in [6.45, 7) is 2.74. The van der Waals surface area contributed by atoms with Crippen molar-refractivity contribution in [1.29, 1.82) is 0 Å². The minimum absolute atomic E-state index is 0.362. The van der Waals surface area contributed by atoms with E-state index in [1.165, 1.54) is 6.20 Å². The van der Waals surface area contributed by atoms with Gasteiger partial charge >= 0.3 is 0 Å². The van der Waals surface area contributed by atoms with Crippen LogP contribution in [0, 0.1) is 5.82 Å². The number of rotatable bonds is 5. The number of anilines is 3.